The zero-order valence-electron chi connectivity index (χ0n) is 11.7. The van der Waals surface area contributed by atoms with Crippen LogP contribution in [0.5, 0.6) is 0 Å². The fourth-order valence-corrected chi connectivity index (χ4v) is 3.12. The van der Waals surface area contributed by atoms with Gasteiger partial charge in [-0.3, -0.25) is 0 Å². The minimum Gasteiger partial charge on any atom is -0.374 e. The first kappa shape index (κ1) is 14.0. The predicted octanol–water partition coefficient (Wildman–Crippen LogP) is 3.35. The summed E-state index contributed by atoms with van der Waals surface area (Å²) in [6, 6.07) is 0.127. The van der Waals surface area contributed by atoms with Gasteiger partial charge in [0.2, 0.25) is 0 Å². The summed E-state index contributed by atoms with van der Waals surface area (Å²) in [5.41, 5.74) is 6.52. The summed E-state index contributed by atoms with van der Waals surface area (Å²) in [4.78, 5) is 0. The average molecular weight is 227 g/mol. The molecule has 2 heteroatoms. The SMILES string of the molecule is CCOC1(C(N)C(C)(C)C)CCCC(C)C1. The van der Waals surface area contributed by atoms with Gasteiger partial charge in [-0.2, -0.15) is 0 Å². The lowest BCUT2D eigenvalue weighted by molar-refractivity contribution is -0.112. The Labute approximate surface area is 101 Å². The molecular weight excluding hydrogens is 198 g/mol. The minimum atomic E-state index is -0.0787. The van der Waals surface area contributed by atoms with Crippen molar-refractivity contribution in [3.8, 4) is 0 Å². The van der Waals surface area contributed by atoms with Crippen LogP contribution in [-0.4, -0.2) is 18.2 Å². The quantitative estimate of drug-likeness (QED) is 0.802. The molecule has 3 atom stereocenters. The second-order valence-electron chi connectivity index (χ2n) is 6.54. The molecule has 1 aliphatic carbocycles. The number of ether oxygens (including phenoxy) is 1. The highest BCUT2D eigenvalue weighted by Crippen LogP contribution is 2.41. The second-order valence-corrected chi connectivity index (χ2v) is 6.54. The van der Waals surface area contributed by atoms with E-state index in [1.807, 2.05) is 0 Å². The van der Waals surface area contributed by atoms with Crippen LogP contribution in [-0.2, 0) is 4.74 Å². The third kappa shape index (κ3) is 2.98. The summed E-state index contributed by atoms with van der Waals surface area (Å²) in [5.74, 6) is 0.744. The molecule has 1 rings (SSSR count). The average Bonchev–Trinajstić information content (AvgIpc) is 2.15. The van der Waals surface area contributed by atoms with Crippen LogP contribution in [0.3, 0.4) is 0 Å². The number of nitrogens with two attached hydrogens (primary N) is 1. The molecule has 0 heterocycles. The summed E-state index contributed by atoms with van der Waals surface area (Å²) < 4.78 is 6.10. The van der Waals surface area contributed by atoms with Crippen molar-refractivity contribution >= 4 is 0 Å². The molecule has 2 N–H and O–H groups in total. The molecule has 16 heavy (non-hydrogen) atoms. The van der Waals surface area contributed by atoms with Gasteiger partial charge in [0.25, 0.3) is 0 Å². The topological polar surface area (TPSA) is 35.2 Å². The van der Waals surface area contributed by atoms with Crippen molar-refractivity contribution in [2.24, 2.45) is 17.1 Å². The first-order chi connectivity index (χ1) is 7.32. The summed E-state index contributed by atoms with van der Waals surface area (Å²) in [5, 5.41) is 0. The fourth-order valence-electron chi connectivity index (χ4n) is 3.12. The van der Waals surface area contributed by atoms with Crippen LogP contribution in [0.2, 0.25) is 0 Å². The first-order valence-electron chi connectivity index (χ1n) is 6.71. The van der Waals surface area contributed by atoms with Crippen molar-refractivity contribution in [2.75, 3.05) is 6.61 Å². The van der Waals surface area contributed by atoms with Crippen molar-refractivity contribution in [3.63, 3.8) is 0 Å². The van der Waals surface area contributed by atoms with Crippen LogP contribution in [0.4, 0.5) is 0 Å². The number of hydrogen-bond acceptors (Lipinski definition) is 2. The van der Waals surface area contributed by atoms with Gasteiger partial charge in [0.15, 0.2) is 0 Å². The standard InChI is InChI=1S/C14H29NO/c1-6-16-14(12(15)13(3,4)5)9-7-8-11(2)10-14/h11-12H,6-10,15H2,1-5H3. The molecule has 0 aromatic rings. The monoisotopic (exact) mass is 227 g/mol. The summed E-state index contributed by atoms with van der Waals surface area (Å²) in [6.07, 6.45) is 4.83. The maximum Gasteiger partial charge on any atom is 0.0840 e. The van der Waals surface area contributed by atoms with E-state index in [4.69, 9.17) is 10.5 Å². The Morgan fingerprint density at radius 2 is 2.06 bits per heavy atom. The van der Waals surface area contributed by atoms with Gasteiger partial charge in [-0.25, -0.2) is 0 Å². The molecule has 0 bridgehead atoms. The highest BCUT2D eigenvalue weighted by molar-refractivity contribution is 5.00. The van der Waals surface area contributed by atoms with Gasteiger partial charge in [0.1, 0.15) is 0 Å². The van der Waals surface area contributed by atoms with Gasteiger partial charge < -0.3 is 10.5 Å². The summed E-state index contributed by atoms with van der Waals surface area (Å²) >= 11 is 0. The van der Waals surface area contributed by atoms with E-state index in [-0.39, 0.29) is 17.1 Å². The van der Waals surface area contributed by atoms with Crippen LogP contribution in [0.25, 0.3) is 0 Å². The van der Waals surface area contributed by atoms with Crippen LogP contribution < -0.4 is 5.73 Å². The number of rotatable bonds is 3. The molecule has 0 aromatic heterocycles. The Bertz CT molecular complexity index is 217. The Morgan fingerprint density at radius 1 is 1.44 bits per heavy atom. The van der Waals surface area contributed by atoms with E-state index in [9.17, 15) is 0 Å². The number of hydrogen-bond donors (Lipinski definition) is 1. The maximum atomic E-state index is 6.48. The van der Waals surface area contributed by atoms with Crippen molar-refractivity contribution in [1.82, 2.24) is 0 Å². The lowest BCUT2D eigenvalue weighted by atomic mass is 9.67. The molecular formula is C14H29NO. The van der Waals surface area contributed by atoms with Gasteiger partial charge >= 0.3 is 0 Å². The van der Waals surface area contributed by atoms with Crippen molar-refractivity contribution in [3.05, 3.63) is 0 Å². The third-order valence-corrected chi connectivity index (χ3v) is 3.92. The van der Waals surface area contributed by atoms with E-state index >= 15 is 0 Å². The van der Waals surface area contributed by atoms with Crippen LogP contribution in [0.1, 0.15) is 60.3 Å². The normalized spacial score (nSPS) is 33.8. The van der Waals surface area contributed by atoms with E-state index in [0.29, 0.717) is 0 Å². The van der Waals surface area contributed by atoms with Crippen LogP contribution >= 0.6 is 0 Å². The molecule has 3 unspecified atom stereocenters. The van der Waals surface area contributed by atoms with Crippen molar-refractivity contribution in [2.45, 2.75) is 71.9 Å². The van der Waals surface area contributed by atoms with Crippen molar-refractivity contribution in [1.29, 1.82) is 0 Å². The van der Waals surface area contributed by atoms with Crippen molar-refractivity contribution < 1.29 is 4.74 Å². The molecule has 0 spiro atoms. The molecule has 0 amide bonds. The predicted molar refractivity (Wildman–Crippen MR) is 69.4 cm³/mol. The lowest BCUT2D eigenvalue weighted by Crippen LogP contribution is -2.58. The van der Waals surface area contributed by atoms with E-state index in [2.05, 4.69) is 34.6 Å². The highest BCUT2D eigenvalue weighted by atomic mass is 16.5. The van der Waals surface area contributed by atoms with Gasteiger partial charge in [-0.15, -0.1) is 0 Å². The Kier molecular flexibility index (Phi) is 4.42. The molecule has 1 fully saturated rings. The van der Waals surface area contributed by atoms with Gasteiger partial charge in [-0.05, 0) is 31.1 Å². The molecule has 1 saturated carbocycles. The molecule has 0 radical (unpaired) electrons. The lowest BCUT2D eigenvalue weighted by Gasteiger charge is -2.48. The van der Waals surface area contributed by atoms with E-state index < -0.39 is 0 Å². The third-order valence-electron chi connectivity index (χ3n) is 3.92. The van der Waals surface area contributed by atoms with Gasteiger partial charge in [0, 0.05) is 12.6 Å². The molecule has 0 aromatic carbocycles. The van der Waals surface area contributed by atoms with E-state index in [0.717, 1.165) is 25.4 Å². The smallest absolute Gasteiger partial charge is 0.0840 e. The van der Waals surface area contributed by atoms with E-state index in [1.165, 1.54) is 12.8 Å². The first-order valence-corrected chi connectivity index (χ1v) is 6.71. The molecule has 0 saturated heterocycles. The zero-order valence-corrected chi connectivity index (χ0v) is 11.7. The molecule has 1 aliphatic rings. The molecule has 2 nitrogen and oxygen atoms in total. The molecule has 0 aliphatic heterocycles. The Balaban J connectivity index is 2.86. The summed E-state index contributed by atoms with van der Waals surface area (Å²) in [6.45, 7) is 11.8. The molecule has 96 valence electrons. The zero-order chi connectivity index (χ0) is 12.4. The Hall–Kier alpha value is -0.0800. The second kappa shape index (κ2) is 5.05. The highest BCUT2D eigenvalue weighted by Gasteiger charge is 2.45. The van der Waals surface area contributed by atoms with Crippen LogP contribution in [0, 0.1) is 11.3 Å². The fraction of sp³-hybridized carbons (Fsp3) is 1.00. The largest absolute Gasteiger partial charge is 0.374 e. The minimum absolute atomic E-state index is 0.0787. The maximum absolute atomic E-state index is 6.48. The summed E-state index contributed by atoms with van der Waals surface area (Å²) in [7, 11) is 0. The Morgan fingerprint density at radius 3 is 2.50 bits per heavy atom. The van der Waals surface area contributed by atoms with Gasteiger partial charge in [-0.1, -0.05) is 40.5 Å². The van der Waals surface area contributed by atoms with E-state index in [1.54, 1.807) is 0 Å². The van der Waals surface area contributed by atoms with Gasteiger partial charge in [0.05, 0.1) is 5.60 Å². The van der Waals surface area contributed by atoms with Crippen LogP contribution in [0.15, 0.2) is 0 Å².